The van der Waals surface area contributed by atoms with Gasteiger partial charge in [0.05, 0.1) is 13.2 Å². The fraction of sp³-hybridized carbons (Fsp3) is 0.929. The Labute approximate surface area is 448 Å². The molecular weight excluding hydrogens is 905 g/mol. The van der Waals surface area contributed by atoms with Crippen molar-refractivity contribution in [2.24, 2.45) is 11.8 Å². The maximum atomic E-state index is 10.8. The Balaban J connectivity index is -0.00000120. The van der Waals surface area contributed by atoms with Crippen LogP contribution in [0.3, 0.4) is 0 Å². The Morgan fingerprint density at radius 2 is 0.522 bits per heavy atom. The topological polar surface area (TPSA) is 133 Å². The minimum atomic E-state index is -4.60. The zero-order chi connectivity index (χ0) is 48.9. The van der Waals surface area contributed by atoms with E-state index in [0.29, 0.717) is 0 Å². The van der Waals surface area contributed by atoms with Crippen LogP contribution in [-0.4, -0.2) is 76.9 Å². The first-order chi connectivity index (χ1) is 32.0. The summed E-state index contributed by atoms with van der Waals surface area (Å²) < 4.78 is 73.5. The second-order valence-electron chi connectivity index (χ2n) is 19.6. The average molecular weight is 1020 g/mol. The van der Waals surface area contributed by atoms with Gasteiger partial charge < -0.3 is 9.11 Å². The number of hydrogen-bond acceptors (Lipinski definition) is 8. The maximum Gasteiger partial charge on any atom is 2.00 e. The molecular formula is C56H110CaO8S2. The summed E-state index contributed by atoms with van der Waals surface area (Å²) in [7, 11) is -9.20. The summed E-state index contributed by atoms with van der Waals surface area (Å²) in [5.74, 6) is 0.0401. The van der Waals surface area contributed by atoms with Gasteiger partial charge in [0.15, 0.2) is 0 Å². The van der Waals surface area contributed by atoms with E-state index in [0.717, 1.165) is 51.4 Å². The molecule has 0 aromatic heterocycles. The quantitative estimate of drug-likeness (QED) is 0.0193. The fourth-order valence-electron chi connectivity index (χ4n) is 8.68. The predicted molar refractivity (Wildman–Crippen MR) is 288 cm³/mol. The largest absolute Gasteiger partial charge is 2.00 e. The van der Waals surface area contributed by atoms with Crippen molar-refractivity contribution < 1.29 is 34.3 Å². The Morgan fingerprint density at radius 3 is 0.731 bits per heavy atom. The summed E-state index contributed by atoms with van der Waals surface area (Å²) in [6, 6.07) is 0. The molecule has 0 aromatic carbocycles. The normalized spacial score (nSPS) is 13.0. The second-order valence-corrected chi connectivity index (χ2v) is 21.7. The summed E-state index contributed by atoms with van der Waals surface area (Å²) >= 11 is 0. The van der Waals surface area contributed by atoms with Gasteiger partial charge in [0, 0.05) is 11.8 Å². The molecule has 0 N–H and O–H groups in total. The van der Waals surface area contributed by atoms with E-state index in [4.69, 9.17) is 0 Å². The first-order valence-corrected chi connectivity index (χ1v) is 31.2. The molecule has 0 rings (SSSR count). The van der Waals surface area contributed by atoms with Gasteiger partial charge in [-0.15, -0.1) is 0 Å². The first-order valence-electron chi connectivity index (χ1n) is 28.5. The van der Waals surface area contributed by atoms with E-state index in [1.54, 1.807) is 0 Å². The maximum absolute atomic E-state index is 10.8. The Morgan fingerprint density at radius 1 is 0.328 bits per heavy atom. The molecule has 0 saturated heterocycles. The Bertz CT molecular complexity index is 1130. The Kier molecular flexibility index (Phi) is 61.4. The molecule has 11 heteroatoms. The molecule has 0 aliphatic carbocycles. The molecule has 0 fully saturated rings. The van der Waals surface area contributed by atoms with E-state index in [9.17, 15) is 25.9 Å². The molecule has 8 nitrogen and oxygen atoms in total. The third-order valence-corrected chi connectivity index (χ3v) is 13.8. The monoisotopic (exact) mass is 1010 g/mol. The van der Waals surface area contributed by atoms with E-state index in [-0.39, 0.29) is 62.8 Å². The minimum absolute atomic E-state index is 0. The first kappa shape index (κ1) is 71.7. The third-order valence-electron chi connectivity index (χ3n) is 13.0. The van der Waals surface area contributed by atoms with Gasteiger partial charge in [0.2, 0.25) is 20.8 Å². The van der Waals surface area contributed by atoms with Crippen LogP contribution >= 0.6 is 0 Å². The molecule has 0 aliphatic rings. The molecule has 0 radical (unpaired) electrons. The SMILES string of the molecule is CCCCCCCCCCCCCCCCCC/C=C/C(CCCCCC)COS(=O)(=O)[O-].CCCCCCCCCCCCCCCCCC/C=C/C(CCCCCC)COS(=O)(=O)[O-].[Ca+2]. The van der Waals surface area contributed by atoms with Crippen LogP contribution in [0.1, 0.15) is 310 Å². The van der Waals surface area contributed by atoms with Crippen molar-refractivity contribution in [1.29, 1.82) is 0 Å². The van der Waals surface area contributed by atoms with Crippen LogP contribution in [0.2, 0.25) is 0 Å². The van der Waals surface area contributed by atoms with Crippen molar-refractivity contribution in [1.82, 2.24) is 0 Å². The average Bonchev–Trinajstić information content (AvgIpc) is 3.28. The molecule has 67 heavy (non-hydrogen) atoms. The van der Waals surface area contributed by atoms with Crippen molar-refractivity contribution in [2.75, 3.05) is 13.2 Å². The van der Waals surface area contributed by atoms with Crippen molar-refractivity contribution >= 4 is 58.5 Å². The molecule has 0 spiro atoms. The van der Waals surface area contributed by atoms with Crippen LogP contribution in [0.4, 0.5) is 0 Å². The van der Waals surface area contributed by atoms with Crippen LogP contribution < -0.4 is 0 Å². The van der Waals surface area contributed by atoms with E-state index in [2.05, 4.69) is 60.4 Å². The van der Waals surface area contributed by atoms with E-state index >= 15 is 0 Å². The molecule has 0 heterocycles. The Hall–Kier alpha value is 0.480. The fourth-order valence-corrected chi connectivity index (χ4v) is 9.36. The molecule has 0 saturated carbocycles. The van der Waals surface area contributed by atoms with Gasteiger partial charge in [-0.1, -0.05) is 296 Å². The van der Waals surface area contributed by atoms with Crippen molar-refractivity contribution in [3.8, 4) is 0 Å². The van der Waals surface area contributed by atoms with Crippen LogP contribution in [0, 0.1) is 11.8 Å². The van der Waals surface area contributed by atoms with Crippen LogP contribution in [-0.2, 0) is 29.2 Å². The number of unbranched alkanes of at least 4 members (excludes halogenated alkanes) is 38. The molecule has 0 amide bonds. The van der Waals surface area contributed by atoms with Gasteiger partial charge in [0.25, 0.3) is 0 Å². The number of hydrogen-bond donors (Lipinski definition) is 0. The van der Waals surface area contributed by atoms with Crippen molar-refractivity contribution in [3.63, 3.8) is 0 Å². The summed E-state index contributed by atoms with van der Waals surface area (Å²) in [6.07, 6.45) is 65.3. The summed E-state index contributed by atoms with van der Waals surface area (Å²) in [5.41, 5.74) is 0. The zero-order valence-electron chi connectivity index (χ0n) is 44.8. The molecule has 0 bridgehead atoms. The van der Waals surface area contributed by atoms with Crippen molar-refractivity contribution in [3.05, 3.63) is 24.3 Å². The molecule has 0 aromatic rings. The standard InChI is InChI=1S/2C28H56O4S.Ca/c2*1-3-5-7-9-10-11-12-13-14-15-16-17-18-19-20-21-22-24-26-28(25-23-8-6-4-2)27-32-33(29,30)31;/h2*24,26,28H,3-23,25,27H2,1-2H3,(H,29,30,31);/q;;+2/p-2/b2*26-24+;. The van der Waals surface area contributed by atoms with E-state index in [1.807, 2.05) is 0 Å². The molecule has 396 valence electrons. The molecule has 2 unspecified atom stereocenters. The van der Waals surface area contributed by atoms with Crippen LogP contribution in [0.15, 0.2) is 24.3 Å². The summed E-state index contributed by atoms with van der Waals surface area (Å²) in [6.45, 7) is 8.85. The predicted octanol–water partition coefficient (Wildman–Crippen LogP) is 18.1. The van der Waals surface area contributed by atoms with Gasteiger partial charge in [0.1, 0.15) is 0 Å². The number of rotatable bonds is 52. The van der Waals surface area contributed by atoms with Crippen molar-refractivity contribution in [2.45, 2.75) is 310 Å². The van der Waals surface area contributed by atoms with Crippen LogP contribution in [0.5, 0.6) is 0 Å². The molecule has 2 atom stereocenters. The van der Waals surface area contributed by atoms with Gasteiger partial charge in [-0.25, -0.2) is 16.8 Å². The third kappa shape index (κ3) is 66.5. The smallest absolute Gasteiger partial charge is 0.726 e. The number of allylic oxidation sites excluding steroid dienone is 2. The van der Waals surface area contributed by atoms with Gasteiger partial charge in [-0.2, -0.15) is 0 Å². The summed E-state index contributed by atoms with van der Waals surface area (Å²) in [5, 5.41) is 0. The second kappa shape index (κ2) is 57.4. The van der Waals surface area contributed by atoms with Gasteiger partial charge in [-0.05, 0) is 38.5 Å². The van der Waals surface area contributed by atoms with Crippen LogP contribution in [0.25, 0.3) is 0 Å². The van der Waals surface area contributed by atoms with E-state index < -0.39 is 20.8 Å². The van der Waals surface area contributed by atoms with Gasteiger partial charge >= 0.3 is 37.7 Å². The summed E-state index contributed by atoms with van der Waals surface area (Å²) in [4.78, 5) is 0. The molecule has 0 aliphatic heterocycles. The minimum Gasteiger partial charge on any atom is -0.726 e. The van der Waals surface area contributed by atoms with E-state index in [1.165, 1.54) is 231 Å². The zero-order valence-corrected chi connectivity index (χ0v) is 48.6. The van der Waals surface area contributed by atoms with Gasteiger partial charge in [-0.3, -0.25) is 8.37 Å².